The van der Waals surface area contributed by atoms with Crippen LogP contribution < -0.4 is 4.74 Å². The number of ether oxygens (including phenoxy) is 1. The molecule has 0 bridgehead atoms. The van der Waals surface area contributed by atoms with Crippen LogP contribution in [-0.2, 0) is 0 Å². The molecule has 3 atom stereocenters. The first-order valence-electron chi connectivity index (χ1n) is 10.1. The molecule has 0 spiro atoms. The van der Waals surface area contributed by atoms with Crippen LogP contribution in [0.2, 0.25) is 0 Å². The predicted molar refractivity (Wildman–Crippen MR) is 127 cm³/mol. The van der Waals surface area contributed by atoms with Crippen molar-refractivity contribution in [2.45, 2.75) is 6.04 Å². The number of carbonyl (C=O) groups excluding carboxylic acids is 1. The maximum atomic E-state index is 13.2. The Labute approximate surface area is 195 Å². The first-order chi connectivity index (χ1) is 14.1. The molecule has 31 heavy (non-hydrogen) atoms. The highest BCUT2D eigenvalue weighted by Crippen LogP contribution is 2.44. The lowest BCUT2D eigenvalue weighted by Gasteiger charge is -2.27. The van der Waals surface area contributed by atoms with Crippen molar-refractivity contribution in [3.63, 3.8) is 0 Å². The van der Waals surface area contributed by atoms with Crippen molar-refractivity contribution in [3.8, 4) is 5.75 Å². The maximum absolute atomic E-state index is 13.2. The molecule has 1 amide bonds. The van der Waals surface area contributed by atoms with Gasteiger partial charge in [0, 0.05) is 48.7 Å². The Bertz CT molecular complexity index is 1060. The molecule has 2 aromatic carbocycles. The van der Waals surface area contributed by atoms with Crippen molar-refractivity contribution in [1.82, 2.24) is 14.8 Å². The quantitative estimate of drug-likeness (QED) is 0.579. The minimum atomic E-state index is 0. The molecule has 3 heterocycles. The Balaban J connectivity index is 0.00000136. The molecule has 2 saturated heterocycles. The second-order valence-corrected chi connectivity index (χ2v) is 8.20. The largest absolute Gasteiger partial charge is 0.497 e. The van der Waals surface area contributed by atoms with Gasteiger partial charge < -0.3 is 9.64 Å². The summed E-state index contributed by atoms with van der Waals surface area (Å²) in [6.45, 7) is 2.65. The van der Waals surface area contributed by atoms with Gasteiger partial charge in [-0.3, -0.25) is 14.7 Å². The molecule has 7 heteroatoms. The first kappa shape index (κ1) is 23.3. The smallest absolute Gasteiger partial charge is 0.253 e. The molecule has 1 aromatic heterocycles. The maximum Gasteiger partial charge on any atom is 0.253 e. The number of hydrogen-bond donors (Lipinski definition) is 0. The molecule has 2 fully saturated rings. The van der Waals surface area contributed by atoms with Gasteiger partial charge in [0.05, 0.1) is 12.6 Å². The Morgan fingerprint density at radius 3 is 2.55 bits per heavy atom. The van der Waals surface area contributed by atoms with Gasteiger partial charge >= 0.3 is 0 Å². The van der Waals surface area contributed by atoms with Gasteiger partial charge in [0.1, 0.15) is 5.75 Å². The number of likely N-dealkylation sites (tertiary alicyclic amines) is 2. The first-order valence-corrected chi connectivity index (χ1v) is 10.1. The number of nitrogens with zero attached hydrogens (tertiary/aromatic N) is 3. The van der Waals surface area contributed by atoms with Crippen LogP contribution in [0.3, 0.4) is 0 Å². The number of benzene rings is 2. The molecule has 0 radical (unpaired) electrons. The highest BCUT2D eigenvalue weighted by Gasteiger charge is 2.47. The van der Waals surface area contributed by atoms with Gasteiger partial charge in [-0.2, -0.15) is 0 Å². The van der Waals surface area contributed by atoms with Crippen LogP contribution in [0, 0.1) is 11.8 Å². The molecule has 0 saturated carbocycles. The van der Waals surface area contributed by atoms with Gasteiger partial charge in [0.2, 0.25) is 0 Å². The minimum Gasteiger partial charge on any atom is -0.497 e. The summed E-state index contributed by atoms with van der Waals surface area (Å²) in [6.07, 6.45) is 1.78. The highest BCUT2D eigenvalue weighted by atomic mass is 35.5. The van der Waals surface area contributed by atoms with Gasteiger partial charge in [0.15, 0.2) is 0 Å². The molecular formula is C24H27Cl2N3O2. The third-order valence-electron chi connectivity index (χ3n) is 6.49. The van der Waals surface area contributed by atoms with E-state index in [9.17, 15) is 4.79 Å². The SMILES string of the molecule is COc1ccc([C@H]2[C@@H]3CN(C(=O)c4ccc5ncccc5c4)C[C@@H]3CN2C)cc1.Cl.Cl. The lowest BCUT2D eigenvalue weighted by atomic mass is 9.89. The molecular weight excluding hydrogens is 433 g/mol. The zero-order valence-electron chi connectivity index (χ0n) is 17.6. The Morgan fingerprint density at radius 1 is 1.03 bits per heavy atom. The van der Waals surface area contributed by atoms with Gasteiger partial charge in [-0.05, 0) is 54.9 Å². The number of amides is 1. The number of carbonyl (C=O) groups is 1. The van der Waals surface area contributed by atoms with Crippen LogP contribution in [0.25, 0.3) is 10.9 Å². The van der Waals surface area contributed by atoms with Crippen LogP contribution in [0.15, 0.2) is 60.8 Å². The molecule has 0 unspecified atom stereocenters. The minimum absolute atomic E-state index is 0. The Morgan fingerprint density at radius 2 is 1.81 bits per heavy atom. The van der Waals surface area contributed by atoms with Crippen LogP contribution in [0.4, 0.5) is 0 Å². The van der Waals surface area contributed by atoms with E-state index in [4.69, 9.17) is 4.74 Å². The van der Waals surface area contributed by atoms with Crippen molar-refractivity contribution >= 4 is 41.6 Å². The lowest BCUT2D eigenvalue weighted by Crippen LogP contribution is -2.33. The van der Waals surface area contributed by atoms with Crippen LogP contribution >= 0.6 is 24.8 Å². The van der Waals surface area contributed by atoms with E-state index in [1.807, 2.05) is 47.4 Å². The molecule has 5 rings (SSSR count). The molecule has 0 aliphatic carbocycles. The molecule has 164 valence electrons. The fraction of sp³-hybridized carbons (Fsp3) is 0.333. The van der Waals surface area contributed by atoms with E-state index in [1.165, 1.54) is 5.56 Å². The zero-order valence-corrected chi connectivity index (χ0v) is 19.2. The summed E-state index contributed by atoms with van der Waals surface area (Å²) < 4.78 is 5.30. The summed E-state index contributed by atoms with van der Waals surface area (Å²) in [7, 11) is 3.88. The summed E-state index contributed by atoms with van der Waals surface area (Å²) >= 11 is 0. The number of halogens is 2. The average molecular weight is 460 g/mol. The normalized spacial score (nSPS) is 22.5. The molecule has 2 aliphatic heterocycles. The Kier molecular flexibility index (Phi) is 7.10. The number of aromatic nitrogens is 1. The Hall–Kier alpha value is -2.34. The third-order valence-corrected chi connectivity index (χ3v) is 6.49. The van der Waals surface area contributed by atoms with E-state index >= 15 is 0 Å². The lowest BCUT2D eigenvalue weighted by molar-refractivity contribution is 0.0768. The number of pyridine rings is 1. The van der Waals surface area contributed by atoms with E-state index in [0.29, 0.717) is 17.9 Å². The molecule has 0 N–H and O–H groups in total. The standard InChI is InChI=1S/C24H25N3O2.2ClH/c1-26-13-19-14-27(15-21(19)23(26)16-5-8-20(29-2)9-6-16)24(28)18-7-10-22-17(12-18)4-3-11-25-22;;/h3-12,19,21,23H,13-15H2,1-2H3;2*1H/t19-,21+,23-;;/m0../s1. The third kappa shape index (κ3) is 4.22. The van der Waals surface area contributed by atoms with E-state index in [0.717, 1.165) is 41.9 Å². The van der Waals surface area contributed by atoms with E-state index in [1.54, 1.807) is 13.3 Å². The second kappa shape index (κ2) is 9.43. The predicted octanol–water partition coefficient (Wildman–Crippen LogP) is 4.46. The van der Waals surface area contributed by atoms with Crippen LogP contribution in [0.5, 0.6) is 5.75 Å². The fourth-order valence-corrected chi connectivity index (χ4v) is 5.12. The van der Waals surface area contributed by atoms with Gasteiger partial charge in [-0.25, -0.2) is 0 Å². The van der Waals surface area contributed by atoms with Gasteiger partial charge in [0.25, 0.3) is 5.91 Å². The van der Waals surface area contributed by atoms with E-state index in [-0.39, 0.29) is 30.7 Å². The summed E-state index contributed by atoms with van der Waals surface area (Å²) in [5, 5.41) is 1.01. The zero-order chi connectivity index (χ0) is 20.0. The van der Waals surface area contributed by atoms with Crippen molar-refractivity contribution in [1.29, 1.82) is 0 Å². The number of fused-ring (bicyclic) bond motifs is 2. The van der Waals surface area contributed by atoms with E-state index < -0.39 is 0 Å². The highest BCUT2D eigenvalue weighted by molar-refractivity contribution is 5.98. The summed E-state index contributed by atoms with van der Waals surface area (Å²) in [6, 6.07) is 18.4. The molecule has 5 nitrogen and oxygen atoms in total. The summed E-state index contributed by atoms with van der Waals surface area (Å²) in [5.74, 6) is 1.97. The monoisotopic (exact) mass is 459 g/mol. The summed E-state index contributed by atoms with van der Waals surface area (Å²) in [5.41, 5.74) is 2.97. The summed E-state index contributed by atoms with van der Waals surface area (Å²) in [4.78, 5) is 22.0. The van der Waals surface area contributed by atoms with Crippen LogP contribution in [0.1, 0.15) is 22.0 Å². The molecule has 2 aliphatic rings. The van der Waals surface area contributed by atoms with Crippen molar-refractivity contribution < 1.29 is 9.53 Å². The van der Waals surface area contributed by atoms with E-state index in [2.05, 4.69) is 29.1 Å². The van der Waals surface area contributed by atoms with Crippen LogP contribution in [-0.4, -0.2) is 54.5 Å². The fourth-order valence-electron chi connectivity index (χ4n) is 5.12. The number of methoxy groups -OCH3 is 1. The van der Waals surface area contributed by atoms with Crippen molar-refractivity contribution in [2.75, 3.05) is 33.8 Å². The van der Waals surface area contributed by atoms with Gasteiger partial charge in [-0.15, -0.1) is 24.8 Å². The topological polar surface area (TPSA) is 45.7 Å². The van der Waals surface area contributed by atoms with Gasteiger partial charge in [-0.1, -0.05) is 18.2 Å². The average Bonchev–Trinajstić information content (AvgIpc) is 3.29. The number of rotatable bonds is 3. The van der Waals surface area contributed by atoms with Crippen molar-refractivity contribution in [2.24, 2.45) is 11.8 Å². The number of hydrogen-bond acceptors (Lipinski definition) is 4. The second-order valence-electron chi connectivity index (χ2n) is 8.20. The van der Waals surface area contributed by atoms with Crippen molar-refractivity contribution in [3.05, 3.63) is 71.9 Å². The molecule has 3 aromatic rings.